The van der Waals surface area contributed by atoms with Crippen LogP contribution >= 0.6 is 23.4 Å². The fourth-order valence-electron chi connectivity index (χ4n) is 5.65. The van der Waals surface area contributed by atoms with Gasteiger partial charge < -0.3 is 5.32 Å². The molecule has 1 amide bonds. The maximum Gasteiger partial charge on any atom is 0.258 e. The van der Waals surface area contributed by atoms with Crippen LogP contribution in [0.4, 0.5) is 5.69 Å². The highest BCUT2D eigenvalue weighted by Gasteiger charge is 2.43. The van der Waals surface area contributed by atoms with Crippen molar-refractivity contribution in [3.8, 4) is 11.3 Å². The fraction of sp³-hybridized carbons (Fsp3) is 0.393. The highest BCUT2D eigenvalue weighted by atomic mass is 35.5. The summed E-state index contributed by atoms with van der Waals surface area (Å²) in [5.41, 5.74) is 4.66. The molecule has 1 aromatic heterocycles. The smallest absolute Gasteiger partial charge is 0.258 e. The first-order chi connectivity index (χ1) is 17.0. The fourth-order valence-corrected chi connectivity index (χ4v) is 6.65. The van der Waals surface area contributed by atoms with Crippen LogP contribution in [0.25, 0.3) is 11.3 Å². The minimum atomic E-state index is -0.156. The molecule has 2 aliphatic rings. The first kappa shape index (κ1) is 24.1. The van der Waals surface area contributed by atoms with Crippen molar-refractivity contribution < 1.29 is 4.79 Å². The third-order valence-corrected chi connectivity index (χ3v) is 8.38. The Morgan fingerprint density at radius 3 is 2.71 bits per heavy atom. The zero-order valence-electron chi connectivity index (χ0n) is 20.0. The van der Waals surface area contributed by atoms with E-state index in [2.05, 4.69) is 30.4 Å². The Bertz CT molecular complexity index is 1310. The number of amides is 1. The van der Waals surface area contributed by atoms with Gasteiger partial charge in [0, 0.05) is 28.2 Å². The number of nitrogens with one attached hydrogen (secondary N) is 1. The van der Waals surface area contributed by atoms with Crippen LogP contribution in [0, 0.1) is 0 Å². The van der Waals surface area contributed by atoms with Crippen LogP contribution in [0.5, 0.6) is 0 Å². The molecular weight excluding hydrogens is 478 g/mol. The maximum absolute atomic E-state index is 14.1. The highest BCUT2D eigenvalue weighted by molar-refractivity contribution is 7.99. The van der Waals surface area contributed by atoms with Crippen LogP contribution in [0.1, 0.15) is 56.6 Å². The van der Waals surface area contributed by atoms with E-state index in [1.807, 2.05) is 6.07 Å². The molecule has 5 nitrogen and oxygen atoms in total. The van der Waals surface area contributed by atoms with E-state index in [0.29, 0.717) is 22.4 Å². The molecule has 1 fully saturated rings. The molecule has 0 saturated heterocycles. The van der Waals surface area contributed by atoms with Crippen molar-refractivity contribution in [1.82, 2.24) is 9.55 Å². The minimum absolute atomic E-state index is 0.0750. The number of thioether (sulfide) groups is 1. The van der Waals surface area contributed by atoms with Gasteiger partial charge in [-0.15, -0.1) is 0 Å². The van der Waals surface area contributed by atoms with E-state index in [4.69, 9.17) is 16.6 Å². The number of anilines is 1. The van der Waals surface area contributed by atoms with Crippen molar-refractivity contribution in [3.05, 3.63) is 75.0 Å². The number of benzene rings is 2. The largest absolute Gasteiger partial charge is 0.325 e. The minimum Gasteiger partial charge on any atom is -0.325 e. The van der Waals surface area contributed by atoms with Gasteiger partial charge in [-0.05, 0) is 49.4 Å². The summed E-state index contributed by atoms with van der Waals surface area (Å²) in [4.78, 5) is 31.9. The van der Waals surface area contributed by atoms with Gasteiger partial charge in [-0.25, -0.2) is 4.98 Å². The van der Waals surface area contributed by atoms with Gasteiger partial charge in [-0.1, -0.05) is 79.9 Å². The van der Waals surface area contributed by atoms with E-state index in [1.54, 1.807) is 28.8 Å². The summed E-state index contributed by atoms with van der Waals surface area (Å²) in [6, 6.07) is 15.4. The second-order valence-electron chi connectivity index (χ2n) is 9.60. The summed E-state index contributed by atoms with van der Waals surface area (Å²) < 4.78 is 1.81. The van der Waals surface area contributed by atoms with Gasteiger partial charge in [0.05, 0.1) is 17.0 Å². The van der Waals surface area contributed by atoms with Crippen LogP contribution in [0.15, 0.2) is 58.5 Å². The molecule has 2 aromatic carbocycles. The van der Waals surface area contributed by atoms with Crippen molar-refractivity contribution in [2.45, 2.75) is 69.0 Å². The Labute approximate surface area is 215 Å². The van der Waals surface area contributed by atoms with E-state index in [1.165, 1.54) is 23.7 Å². The Morgan fingerprint density at radius 2 is 1.94 bits per heavy atom. The number of aromatic nitrogens is 2. The van der Waals surface area contributed by atoms with Gasteiger partial charge in [0.15, 0.2) is 5.16 Å². The molecule has 7 heteroatoms. The van der Waals surface area contributed by atoms with E-state index < -0.39 is 0 Å². The van der Waals surface area contributed by atoms with Gasteiger partial charge in [0.2, 0.25) is 5.91 Å². The quantitative estimate of drug-likeness (QED) is 0.307. The molecule has 0 aliphatic heterocycles. The molecule has 35 heavy (non-hydrogen) atoms. The van der Waals surface area contributed by atoms with Crippen LogP contribution in [-0.4, -0.2) is 21.2 Å². The third-order valence-electron chi connectivity index (χ3n) is 7.16. The molecule has 5 rings (SSSR count). The summed E-state index contributed by atoms with van der Waals surface area (Å²) in [5.74, 6) is 0.00488. The second-order valence-corrected chi connectivity index (χ2v) is 11.0. The number of fused-ring (bicyclic) bond motifs is 4. The monoisotopic (exact) mass is 507 g/mol. The number of hydrogen-bond acceptors (Lipinski definition) is 4. The van der Waals surface area contributed by atoms with E-state index in [9.17, 15) is 9.59 Å². The molecule has 3 aromatic rings. The zero-order chi connectivity index (χ0) is 24.4. The normalized spacial score (nSPS) is 15.9. The van der Waals surface area contributed by atoms with Gasteiger partial charge in [0.25, 0.3) is 5.56 Å². The van der Waals surface area contributed by atoms with Crippen LogP contribution in [0.2, 0.25) is 5.02 Å². The number of hydrogen-bond donors (Lipinski definition) is 1. The molecule has 1 spiro atoms. The van der Waals surface area contributed by atoms with Crippen LogP contribution in [0.3, 0.4) is 0 Å². The first-order valence-electron chi connectivity index (χ1n) is 12.4. The molecular formula is C28H30ClN3O2S. The predicted octanol–water partition coefficient (Wildman–Crippen LogP) is 6.46. The maximum atomic E-state index is 14.1. The Kier molecular flexibility index (Phi) is 7.03. The van der Waals surface area contributed by atoms with Gasteiger partial charge in [-0.3, -0.25) is 14.2 Å². The SMILES string of the molecule is CCCn1c(SCC(=O)Nc2cccc(Cl)c2)nc2c(c1=O)C1(CCCCC1)Cc1ccccc1-2. The van der Waals surface area contributed by atoms with Crippen LogP contribution in [-0.2, 0) is 23.2 Å². The number of halogens is 1. The average molecular weight is 508 g/mol. The standard InChI is InChI=1S/C28H30ClN3O2S/c1-2-15-32-26(34)24-25(22-12-5-4-9-19(22)17-28(24)13-6-3-7-14-28)31-27(32)35-18-23(33)30-21-11-8-10-20(29)16-21/h4-5,8-12,16H,2-3,6-7,13-15,17-18H2,1H3,(H,30,33). The van der Waals surface area contributed by atoms with E-state index >= 15 is 0 Å². The average Bonchev–Trinajstić information content (AvgIpc) is 2.85. The molecule has 0 atom stereocenters. The van der Waals surface area contributed by atoms with Crippen molar-refractivity contribution in [2.75, 3.05) is 11.1 Å². The molecule has 0 unspecified atom stereocenters. The summed E-state index contributed by atoms with van der Waals surface area (Å²) in [5, 5.41) is 4.06. The van der Waals surface area contributed by atoms with E-state index in [0.717, 1.165) is 55.3 Å². The topological polar surface area (TPSA) is 64.0 Å². The number of nitrogens with zero attached hydrogens (tertiary/aromatic N) is 2. The summed E-state index contributed by atoms with van der Waals surface area (Å²) in [7, 11) is 0. The van der Waals surface area contributed by atoms with Gasteiger partial charge in [0.1, 0.15) is 0 Å². The summed E-state index contributed by atoms with van der Waals surface area (Å²) in [6.07, 6.45) is 7.33. The van der Waals surface area contributed by atoms with Crippen molar-refractivity contribution >= 4 is 35.0 Å². The van der Waals surface area contributed by atoms with Crippen molar-refractivity contribution in [3.63, 3.8) is 0 Å². The molecule has 1 heterocycles. The van der Waals surface area contributed by atoms with Crippen LogP contribution < -0.4 is 10.9 Å². The van der Waals surface area contributed by atoms with Crippen molar-refractivity contribution in [1.29, 1.82) is 0 Å². The Morgan fingerprint density at radius 1 is 1.14 bits per heavy atom. The molecule has 1 saturated carbocycles. The van der Waals surface area contributed by atoms with Crippen molar-refractivity contribution in [2.24, 2.45) is 0 Å². The summed E-state index contributed by atoms with van der Waals surface area (Å²) in [6.45, 7) is 2.66. The van der Waals surface area contributed by atoms with Gasteiger partial charge >= 0.3 is 0 Å². The second kappa shape index (κ2) is 10.2. The Hall–Kier alpha value is -2.57. The predicted molar refractivity (Wildman–Crippen MR) is 143 cm³/mol. The molecule has 0 radical (unpaired) electrons. The lowest BCUT2D eigenvalue weighted by atomic mass is 9.62. The molecule has 182 valence electrons. The number of rotatable bonds is 6. The lowest BCUT2D eigenvalue weighted by Crippen LogP contribution is -2.43. The first-order valence-corrected chi connectivity index (χ1v) is 13.8. The number of carbonyl (C=O) groups is 1. The van der Waals surface area contributed by atoms with E-state index in [-0.39, 0.29) is 22.6 Å². The highest BCUT2D eigenvalue weighted by Crippen LogP contribution is 2.48. The lowest BCUT2D eigenvalue weighted by molar-refractivity contribution is -0.113. The third kappa shape index (κ3) is 4.78. The number of carbonyl (C=O) groups excluding carboxylic acids is 1. The lowest BCUT2D eigenvalue weighted by Gasteiger charge is -2.42. The zero-order valence-corrected chi connectivity index (χ0v) is 21.6. The summed E-state index contributed by atoms with van der Waals surface area (Å²) >= 11 is 7.36. The Balaban J connectivity index is 1.52. The molecule has 2 aliphatic carbocycles. The van der Waals surface area contributed by atoms with Gasteiger partial charge in [-0.2, -0.15) is 0 Å². The molecule has 1 N–H and O–H groups in total. The molecule has 0 bridgehead atoms.